The summed E-state index contributed by atoms with van der Waals surface area (Å²) in [5.41, 5.74) is 3.50. The number of hydrogen-bond acceptors (Lipinski definition) is 1. The van der Waals surface area contributed by atoms with Crippen molar-refractivity contribution in [3.05, 3.63) is 58.6 Å². The van der Waals surface area contributed by atoms with Gasteiger partial charge in [-0.2, -0.15) is 0 Å². The Kier molecular flexibility index (Phi) is 3.49. The lowest BCUT2D eigenvalue weighted by atomic mass is 9.80. The normalized spacial score (nSPS) is 14.8. The molecule has 0 amide bonds. The third-order valence-corrected chi connectivity index (χ3v) is 4.33. The topological polar surface area (TPSA) is 37.3 Å². The molecule has 0 bridgehead atoms. The van der Waals surface area contributed by atoms with Crippen LogP contribution in [0.1, 0.15) is 41.1 Å². The number of benzene rings is 2. The molecule has 0 atom stereocenters. The van der Waals surface area contributed by atoms with Crippen LogP contribution in [0.2, 0.25) is 5.02 Å². The van der Waals surface area contributed by atoms with Gasteiger partial charge in [0.25, 0.3) is 0 Å². The zero-order valence-electron chi connectivity index (χ0n) is 11.0. The maximum absolute atomic E-state index is 10.9. The average Bonchev–Trinajstić information content (AvgIpc) is 2.37. The highest BCUT2D eigenvalue weighted by molar-refractivity contribution is 6.33. The summed E-state index contributed by atoms with van der Waals surface area (Å²) in [6.45, 7) is 0. The fourth-order valence-electron chi connectivity index (χ4n) is 2.56. The lowest BCUT2D eigenvalue weighted by Gasteiger charge is -2.25. The molecule has 1 aliphatic carbocycles. The molecule has 2 nitrogen and oxygen atoms in total. The highest BCUT2D eigenvalue weighted by Crippen LogP contribution is 2.37. The number of carboxylic acid groups (broad SMARTS) is 1. The molecule has 0 unspecified atom stereocenters. The van der Waals surface area contributed by atoms with Gasteiger partial charge in [-0.05, 0) is 42.0 Å². The summed E-state index contributed by atoms with van der Waals surface area (Å²) >= 11 is 6.19. The standard InChI is InChI=1S/C17H15ClO2/c18-16-10-14(17(19)20)8-9-15(16)13-6-4-12(5-7-13)11-2-1-3-11/h4-11H,1-3H2,(H,19,20). The van der Waals surface area contributed by atoms with Crippen LogP contribution in [-0.2, 0) is 0 Å². The van der Waals surface area contributed by atoms with Gasteiger partial charge in [0.1, 0.15) is 0 Å². The second-order valence-corrected chi connectivity index (χ2v) is 5.66. The first-order chi connectivity index (χ1) is 9.65. The third-order valence-electron chi connectivity index (χ3n) is 4.01. The van der Waals surface area contributed by atoms with Crippen LogP contribution in [0.15, 0.2) is 42.5 Å². The molecule has 102 valence electrons. The molecule has 0 heterocycles. The summed E-state index contributed by atoms with van der Waals surface area (Å²) in [5.74, 6) is -0.243. The van der Waals surface area contributed by atoms with Crippen molar-refractivity contribution in [2.45, 2.75) is 25.2 Å². The zero-order chi connectivity index (χ0) is 14.1. The van der Waals surface area contributed by atoms with Crippen LogP contribution in [0.3, 0.4) is 0 Å². The van der Waals surface area contributed by atoms with Crippen LogP contribution in [0, 0.1) is 0 Å². The van der Waals surface area contributed by atoms with Crippen molar-refractivity contribution in [2.24, 2.45) is 0 Å². The fraction of sp³-hybridized carbons (Fsp3) is 0.235. The molecule has 0 aromatic heterocycles. The lowest BCUT2D eigenvalue weighted by molar-refractivity contribution is 0.0697. The molecule has 2 aromatic carbocycles. The second-order valence-electron chi connectivity index (χ2n) is 5.25. The molecule has 3 heteroatoms. The van der Waals surface area contributed by atoms with E-state index in [2.05, 4.69) is 24.3 Å². The van der Waals surface area contributed by atoms with Crippen LogP contribution in [-0.4, -0.2) is 11.1 Å². The Bertz CT molecular complexity index is 643. The van der Waals surface area contributed by atoms with E-state index in [1.165, 1.54) is 30.9 Å². The van der Waals surface area contributed by atoms with E-state index < -0.39 is 5.97 Å². The van der Waals surface area contributed by atoms with Gasteiger partial charge >= 0.3 is 5.97 Å². The molecule has 0 radical (unpaired) electrons. The molecule has 2 aromatic rings. The first kappa shape index (κ1) is 13.2. The van der Waals surface area contributed by atoms with E-state index in [0.29, 0.717) is 10.9 Å². The Balaban J connectivity index is 1.90. The van der Waals surface area contributed by atoms with Crippen molar-refractivity contribution in [1.29, 1.82) is 0 Å². The minimum atomic E-state index is -0.959. The molecule has 1 N–H and O–H groups in total. The van der Waals surface area contributed by atoms with E-state index in [0.717, 1.165) is 11.1 Å². The maximum atomic E-state index is 10.9. The van der Waals surface area contributed by atoms with Crippen molar-refractivity contribution in [2.75, 3.05) is 0 Å². The van der Waals surface area contributed by atoms with E-state index in [9.17, 15) is 4.79 Å². The smallest absolute Gasteiger partial charge is 0.335 e. The van der Waals surface area contributed by atoms with Crippen LogP contribution in [0.5, 0.6) is 0 Å². The number of hydrogen-bond donors (Lipinski definition) is 1. The Morgan fingerprint density at radius 3 is 2.30 bits per heavy atom. The summed E-state index contributed by atoms with van der Waals surface area (Å²) in [4.78, 5) is 10.9. The molecule has 0 saturated heterocycles. The molecule has 0 spiro atoms. The minimum absolute atomic E-state index is 0.213. The molecular formula is C17H15ClO2. The van der Waals surface area contributed by atoms with Gasteiger partial charge in [-0.15, -0.1) is 0 Å². The predicted octanol–water partition coefficient (Wildman–Crippen LogP) is 4.97. The van der Waals surface area contributed by atoms with E-state index in [4.69, 9.17) is 16.7 Å². The van der Waals surface area contributed by atoms with Crippen molar-refractivity contribution in [3.63, 3.8) is 0 Å². The highest BCUT2D eigenvalue weighted by atomic mass is 35.5. The minimum Gasteiger partial charge on any atom is -0.478 e. The van der Waals surface area contributed by atoms with Crippen molar-refractivity contribution in [3.8, 4) is 11.1 Å². The van der Waals surface area contributed by atoms with Gasteiger partial charge in [-0.1, -0.05) is 48.4 Å². The van der Waals surface area contributed by atoms with E-state index >= 15 is 0 Å². The Morgan fingerprint density at radius 2 is 1.80 bits per heavy atom. The molecule has 0 aliphatic heterocycles. The molecule has 1 fully saturated rings. The summed E-state index contributed by atoms with van der Waals surface area (Å²) < 4.78 is 0. The SMILES string of the molecule is O=C(O)c1ccc(-c2ccc(C3CCC3)cc2)c(Cl)c1. The first-order valence-electron chi connectivity index (χ1n) is 6.78. The van der Waals surface area contributed by atoms with Gasteiger partial charge in [-0.25, -0.2) is 4.79 Å². The monoisotopic (exact) mass is 286 g/mol. The van der Waals surface area contributed by atoms with E-state index in [1.54, 1.807) is 12.1 Å². The number of aromatic carboxylic acids is 1. The summed E-state index contributed by atoms with van der Waals surface area (Å²) in [5, 5.41) is 9.42. The Morgan fingerprint density at radius 1 is 1.10 bits per heavy atom. The molecule has 1 saturated carbocycles. The highest BCUT2D eigenvalue weighted by Gasteiger charge is 2.19. The number of rotatable bonds is 3. The number of carboxylic acids is 1. The van der Waals surface area contributed by atoms with Gasteiger partial charge in [-0.3, -0.25) is 0 Å². The molecule has 20 heavy (non-hydrogen) atoms. The van der Waals surface area contributed by atoms with Crippen molar-refractivity contribution < 1.29 is 9.90 Å². The largest absolute Gasteiger partial charge is 0.478 e. The number of carbonyl (C=O) groups is 1. The van der Waals surface area contributed by atoms with Crippen molar-refractivity contribution >= 4 is 17.6 Å². The number of halogens is 1. The summed E-state index contributed by atoms with van der Waals surface area (Å²) in [7, 11) is 0. The van der Waals surface area contributed by atoms with Crippen LogP contribution >= 0.6 is 11.6 Å². The molecular weight excluding hydrogens is 272 g/mol. The molecule has 1 aliphatic rings. The van der Waals surface area contributed by atoms with Crippen molar-refractivity contribution in [1.82, 2.24) is 0 Å². The van der Waals surface area contributed by atoms with Gasteiger partial charge in [0.15, 0.2) is 0 Å². The lowest BCUT2D eigenvalue weighted by Crippen LogP contribution is -2.08. The Hall–Kier alpha value is -1.80. The Labute approximate surface area is 123 Å². The fourth-order valence-corrected chi connectivity index (χ4v) is 2.85. The van der Waals surface area contributed by atoms with Crippen LogP contribution in [0.25, 0.3) is 11.1 Å². The van der Waals surface area contributed by atoms with Gasteiger partial charge in [0.05, 0.1) is 5.56 Å². The van der Waals surface area contributed by atoms with Gasteiger partial charge in [0, 0.05) is 10.6 Å². The van der Waals surface area contributed by atoms with Crippen LogP contribution in [0.4, 0.5) is 0 Å². The first-order valence-corrected chi connectivity index (χ1v) is 7.16. The van der Waals surface area contributed by atoms with Crippen LogP contribution < -0.4 is 0 Å². The average molecular weight is 287 g/mol. The summed E-state index contributed by atoms with van der Waals surface area (Å²) in [6.07, 6.45) is 3.90. The van der Waals surface area contributed by atoms with Gasteiger partial charge < -0.3 is 5.11 Å². The predicted molar refractivity (Wildman–Crippen MR) is 80.4 cm³/mol. The van der Waals surface area contributed by atoms with E-state index in [-0.39, 0.29) is 5.56 Å². The molecule has 3 rings (SSSR count). The third kappa shape index (κ3) is 2.44. The quantitative estimate of drug-likeness (QED) is 0.864. The van der Waals surface area contributed by atoms with E-state index in [1.807, 2.05) is 0 Å². The second kappa shape index (κ2) is 5.29. The summed E-state index contributed by atoms with van der Waals surface area (Å²) in [6, 6.07) is 13.3. The zero-order valence-corrected chi connectivity index (χ0v) is 11.7. The maximum Gasteiger partial charge on any atom is 0.335 e. The van der Waals surface area contributed by atoms with Gasteiger partial charge in [0.2, 0.25) is 0 Å².